The zero-order chi connectivity index (χ0) is 21.2. The molecular formula is C22H25N3O4. The van der Waals surface area contributed by atoms with Crippen molar-refractivity contribution in [3.8, 4) is 5.75 Å². The topological polar surface area (TPSA) is 87.7 Å². The lowest BCUT2D eigenvalue weighted by Crippen LogP contribution is -2.49. The van der Waals surface area contributed by atoms with Crippen molar-refractivity contribution in [1.82, 2.24) is 15.8 Å². The Bertz CT molecular complexity index is 942. The molecule has 1 heterocycles. The Morgan fingerprint density at radius 1 is 1.17 bits per heavy atom. The maximum absolute atomic E-state index is 12.8. The van der Waals surface area contributed by atoms with Gasteiger partial charge in [-0.2, -0.15) is 5.01 Å². The van der Waals surface area contributed by atoms with E-state index in [9.17, 15) is 14.4 Å². The maximum atomic E-state index is 12.8. The van der Waals surface area contributed by atoms with Crippen LogP contribution < -0.4 is 15.5 Å². The largest absolute Gasteiger partial charge is 0.483 e. The smallest absolute Gasteiger partial charge is 0.344 e. The van der Waals surface area contributed by atoms with Crippen LogP contribution in [0.3, 0.4) is 0 Å². The van der Waals surface area contributed by atoms with Crippen LogP contribution in [0.25, 0.3) is 0 Å². The van der Waals surface area contributed by atoms with E-state index in [2.05, 4.69) is 10.7 Å². The summed E-state index contributed by atoms with van der Waals surface area (Å²) in [6.07, 6.45) is 0. The molecule has 1 aliphatic rings. The molecule has 0 unspecified atom stereocenters. The van der Waals surface area contributed by atoms with Crippen LogP contribution in [0.1, 0.15) is 43.4 Å². The highest BCUT2D eigenvalue weighted by molar-refractivity contribution is 6.08. The number of imide groups is 1. The van der Waals surface area contributed by atoms with Gasteiger partial charge in [0.15, 0.2) is 6.61 Å². The number of hydrazine groups is 1. The van der Waals surface area contributed by atoms with Gasteiger partial charge in [-0.15, -0.1) is 0 Å². The molecule has 0 aromatic heterocycles. The summed E-state index contributed by atoms with van der Waals surface area (Å²) in [6.45, 7) is 7.30. The average molecular weight is 395 g/mol. The van der Waals surface area contributed by atoms with Crippen LogP contribution in [0, 0.1) is 6.92 Å². The molecule has 1 atom stereocenters. The summed E-state index contributed by atoms with van der Waals surface area (Å²) in [7, 11) is 0. The minimum absolute atomic E-state index is 0.228. The molecule has 152 valence electrons. The first kappa shape index (κ1) is 20.4. The molecule has 7 heteroatoms. The molecule has 0 bridgehead atoms. The van der Waals surface area contributed by atoms with Gasteiger partial charge in [-0.1, -0.05) is 56.3 Å². The lowest BCUT2D eigenvalue weighted by atomic mass is 9.92. The second-order valence-corrected chi connectivity index (χ2v) is 7.58. The Kier molecular flexibility index (Phi) is 5.59. The summed E-state index contributed by atoms with van der Waals surface area (Å²) < 4.78 is 5.68. The van der Waals surface area contributed by atoms with Gasteiger partial charge in [0.1, 0.15) is 11.3 Å². The third-order valence-electron chi connectivity index (χ3n) is 4.93. The van der Waals surface area contributed by atoms with Gasteiger partial charge in [-0.3, -0.25) is 15.0 Å². The molecule has 1 aliphatic heterocycles. The predicted octanol–water partition coefficient (Wildman–Crippen LogP) is 3.00. The number of nitrogens with zero attached hydrogens (tertiary/aromatic N) is 1. The van der Waals surface area contributed by atoms with E-state index >= 15 is 0 Å². The zero-order valence-corrected chi connectivity index (χ0v) is 17.0. The zero-order valence-electron chi connectivity index (χ0n) is 17.0. The fourth-order valence-electron chi connectivity index (χ4n) is 3.25. The Morgan fingerprint density at radius 3 is 2.52 bits per heavy atom. The number of carbonyl (C=O) groups excluding carboxylic acids is 3. The highest BCUT2D eigenvalue weighted by Crippen LogP contribution is 2.28. The second kappa shape index (κ2) is 7.95. The molecule has 0 saturated carbocycles. The Morgan fingerprint density at radius 2 is 1.86 bits per heavy atom. The number of rotatable bonds is 6. The number of hydrogen-bond donors (Lipinski definition) is 2. The van der Waals surface area contributed by atoms with E-state index in [-0.39, 0.29) is 12.5 Å². The number of nitrogens with one attached hydrogen (secondary N) is 2. The Hall–Kier alpha value is -3.35. The van der Waals surface area contributed by atoms with Crippen LogP contribution in [0.5, 0.6) is 5.75 Å². The molecule has 4 amide bonds. The quantitative estimate of drug-likeness (QED) is 0.736. The molecule has 2 aromatic rings. The van der Waals surface area contributed by atoms with Crippen LogP contribution in [0.2, 0.25) is 0 Å². The van der Waals surface area contributed by atoms with Gasteiger partial charge in [-0.25, -0.2) is 4.79 Å². The molecule has 0 aliphatic carbocycles. The summed E-state index contributed by atoms with van der Waals surface area (Å²) in [5.74, 6) is -0.310. The fraction of sp³-hybridized carbons (Fsp3) is 0.318. The molecule has 1 fully saturated rings. The van der Waals surface area contributed by atoms with E-state index in [4.69, 9.17) is 4.74 Å². The van der Waals surface area contributed by atoms with Gasteiger partial charge in [-0.05, 0) is 42.5 Å². The number of aryl methyl sites for hydroxylation is 1. The van der Waals surface area contributed by atoms with E-state index in [0.717, 1.165) is 11.1 Å². The van der Waals surface area contributed by atoms with Gasteiger partial charge >= 0.3 is 6.03 Å². The van der Waals surface area contributed by atoms with E-state index < -0.39 is 23.4 Å². The summed E-state index contributed by atoms with van der Waals surface area (Å²) >= 11 is 0. The Labute approximate surface area is 170 Å². The van der Waals surface area contributed by atoms with Gasteiger partial charge in [0.25, 0.3) is 11.8 Å². The first-order valence-corrected chi connectivity index (χ1v) is 9.47. The number of amides is 4. The minimum Gasteiger partial charge on any atom is -0.483 e. The summed E-state index contributed by atoms with van der Waals surface area (Å²) in [5.41, 5.74) is 3.73. The normalized spacial score (nSPS) is 18.7. The number of carbonyl (C=O) groups is 3. The second-order valence-electron chi connectivity index (χ2n) is 7.58. The highest BCUT2D eigenvalue weighted by Gasteiger charge is 2.49. The van der Waals surface area contributed by atoms with Crippen LogP contribution >= 0.6 is 0 Å². The molecule has 0 spiro atoms. The molecule has 29 heavy (non-hydrogen) atoms. The molecule has 0 radical (unpaired) electrons. The summed E-state index contributed by atoms with van der Waals surface area (Å²) in [4.78, 5) is 37.5. The average Bonchev–Trinajstić information content (AvgIpc) is 2.91. The SMILES string of the molecule is Cc1ccc(C(C)C)c(OCC(=O)NN2C(=O)N[C@@](C)(c3ccccc3)C2=O)c1. The number of hydrogen-bond acceptors (Lipinski definition) is 4. The van der Waals surface area contributed by atoms with E-state index in [1.54, 1.807) is 31.2 Å². The van der Waals surface area contributed by atoms with Crippen molar-refractivity contribution in [3.05, 3.63) is 65.2 Å². The van der Waals surface area contributed by atoms with Crippen LogP contribution in [-0.4, -0.2) is 29.5 Å². The lowest BCUT2D eigenvalue weighted by Gasteiger charge is -2.22. The van der Waals surface area contributed by atoms with Crippen molar-refractivity contribution >= 4 is 17.8 Å². The first-order chi connectivity index (χ1) is 13.7. The van der Waals surface area contributed by atoms with E-state index in [0.29, 0.717) is 16.3 Å². The minimum atomic E-state index is -1.24. The maximum Gasteiger partial charge on any atom is 0.344 e. The summed E-state index contributed by atoms with van der Waals surface area (Å²) in [5, 5.41) is 3.35. The number of ether oxygens (including phenoxy) is 1. The van der Waals surface area contributed by atoms with E-state index in [1.807, 2.05) is 45.0 Å². The van der Waals surface area contributed by atoms with Gasteiger partial charge in [0.2, 0.25) is 0 Å². The third kappa shape index (κ3) is 4.08. The van der Waals surface area contributed by atoms with Crippen molar-refractivity contribution in [2.75, 3.05) is 6.61 Å². The predicted molar refractivity (Wildman–Crippen MR) is 108 cm³/mol. The van der Waals surface area contributed by atoms with Crippen molar-refractivity contribution in [1.29, 1.82) is 0 Å². The first-order valence-electron chi connectivity index (χ1n) is 9.47. The highest BCUT2D eigenvalue weighted by atomic mass is 16.5. The molecule has 2 N–H and O–H groups in total. The summed E-state index contributed by atoms with van der Waals surface area (Å²) in [6, 6.07) is 14.0. The molecular weight excluding hydrogens is 370 g/mol. The van der Waals surface area contributed by atoms with Crippen LogP contribution in [-0.2, 0) is 15.1 Å². The standard InChI is InChI=1S/C22H25N3O4/c1-14(2)17-11-10-15(3)12-18(17)29-13-19(26)24-25-20(27)22(4,23-21(25)28)16-8-6-5-7-9-16/h5-12,14H,13H2,1-4H3,(H,23,28)(H,24,26)/t22-/m0/s1. The van der Waals surface area contributed by atoms with Crippen molar-refractivity contribution in [2.45, 2.75) is 39.2 Å². The molecule has 2 aromatic carbocycles. The van der Waals surface area contributed by atoms with E-state index in [1.165, 1.54) is 0 Å². The molecule has 7 nitrogen and oxygen atoms in total. The Balaban J connectivity index is 1.68. The van der Waals surface area contributed by atoms with Crippen LogP contribution in [0.4, 0.5) is 4.79 Å². The van der Waals surface area contributed by atoms with Crippen molar-refractivity contribution in [2.24, 2.45) is 0 Å². The lowest BCUT2D eigenvalue weighted by molar-refractivity contribution is -0.139. The fourth-order valence-corrected chi connectivity index (χ4v) is 3.25. The number of urea groups is 1. The number of benzene rings is 2. The monoisotopic (exact) mass is 395 g/mol. The van der Waals surface area contributed by atoms with Gasteiger partial charge < -0.3 is 10.1 Å². The van der Waals surface area contributed by atoms with Crippen molar-refractivity contribution < 1.29 is 19.1 Å². The van der Waals surface area contributed by atoms with Crippen molar-refractivity contribution in [3.63, 3.8) is 0 Å². The van der Waals surface area contributed by atoms with Gasteiger partial charge in [0, 0.05) is 0 Å². The van der Waals surface area contributed by atoms with Gasteiger partial charge in [0.05, 0.1) is 0 Å². The third-order valence-corrected chi connectivity index (χ3v) is 4.93. The molecule has 1 saturated heterocycles. The molecule has 3 rings (SSSR count). The van der Waals surface area contributed by atoms with Crippen LogP contribution in [0.15, 0.2) is 48.5 Å².